The van der Waals surface area contributed by atoms with E-state index in [2.05, 4.69) is 4.74 Å². The average molecular weight is 172 g/mol. The number of hydrogen-bond acceptors (Lipinski definition) is 3. The molecule has 1 amide bonds. The van der Waals surface area contributed by atoms with Crippen LogP contribution in [0.4, 0.5) is 4.79 Å². The van der Waals surface area contributed by atoms with Crippen molar-refractivity contribution in [1.29, 1.82) is 0 Å². The second-order valence-electron chi connectivity index (χ2n) is 3.43. The molecule has 0 aromatic heterocycles. The molecule has 0 aromatic rings. The van der Waals surface area contributed by atoms with Crippen LogP contribution in [0.2, 0.25) is 0 Å². The minimum Gasteiger partial charge on any atom is -0.453 e. The number of likely N-dealkylation sites (tertiary alicyclic amines) is 1. The third kappa shape index (κ3) is 1.39. The summed E-state index contributed by atoms with van der Waals surface area (Å²) in [4.78, 5) is 13.0. The molecule has 4 nitrogen and oxygen atoms in total. The standard InChI is InChI=1S/C8H16N2O2/c1-8(6-9)4-3-5-10(8)7(11)12-2/h3-6,9H2,1-2H3. The second-order valence-corrected chi connectivity index (χ2v) is 3.43. The van der Waals surface area contributed by atoms with Crippen LogP contribution in [-0.4, -0.2) is 36.7 Å². The highest BCUT2D eigenvalue weighted by Crippen LogP contribution is 2.28. The summed E-state index contributed by atoms with van der Waals surface area (Å²) in [5.74, 6) is 0. The Morgan fingerprint density at radius 3 is 2.92 bits per heavy atom. The van der Waals surface area contributed by atoms with E-state index in [-0.39, 0.29) is 11.6 Å². The van der Waals surface area contributed by atoms with E-state index < -0.39 is 0 Å². The van der Waals surface area contributed by atoms with Crippen molar-refractivity contribution >= 4 is 6.09 Å². The highest BCUT2D eigenvalue weighted by molar-refractivity contribution is 5.69. The van der Waals surface area contributed by atoms with Crippen LogP contribution in [0.1, 0.15) is 19.8 Å². The van der Waals surface area contributed by atoms with Crippen LogP contribution < -0.4 is 5.73 Å². The predicted octanol–water partition coefficient (Wildman–Crippen LogP) is 0.566. The van der Waals surface area contributed by atoms with E-state index >= 15 is 0 Å². The van der Waals surface area contributed by atoms with Crippen molar-refractivity contribution in [1.82, 2.24) is 4.90 Å². The molecule has 0 bridgehead atoms. The predicted molar refractivity (Wildman–Crippen MR) is 45.8 cm³/mol. The Morgan fingerprint density at radius 2 is 2.42 bits per heavy atom. The molecule has 1 aliphatic rings. The molecule has 1 unspecified atom stereocenters. The molecule has 1 aliphatic heterocycles. The summed E-state index contributed by atoms with van der Waals surface area (Å²) in [6, 6.07) is 0. The van der Waals surface area contributed by atoms with E-state index in [0.29, 0.717) is 6.54 Å². The minimum atomic E-state index is -0.263. The fraction of sp³-hybridized carbons (Fsp3) is 0.875. The molecule has 1 rings (SSSR count). The number of hydrogen-bond donors (Lipinski definition) is 1. The maximum atomic E-state index is 11.2. The number of amides is 1. The first-order valence-electron chi connectivity index (χ1n) is 4.20. The zero-order chi connectivity index (χ0) is 9.19. The van der Waals surface area contributed by atoms with Crippen LogP contribution in [0.5, 0.6) is 0 Å². The van der Waals surface area contributed by atoms with Crippen molar-refractivity contribution in [2.75, 3.05) is 20.2 Å². The quantitative estimate of drug-likeness (QED) is 0.629. The monoisotopic (exact) mass is 172 g/mol. The molecular formula is C8H16N2O2. The van der Waals surface area contributed by atoms with E-state index in [1.165, 1.54) is 7.11 Å². The lowest BCUT2D eigenvalue weighted by Gasteiger charge is -2.32. The van der Waals surface area contributed by atoms with Crippen molar-refractivity contribution in [3.63, 3.8) is 0 Å². The first-order chi connectivity index (χ1) is 5.64. The Bertz CT molecular complexity index is 184. The third-order valence-corrected chi connectivity index (χ3v) is 2.58. The van der Waals surface area contributed by atoms with Crippen molar-refractivity contribution in [3.8, 4) is 0 Å². The summed E-state index contributed by atoms with van der Waals surface area (Å²) in [5, 5.41) is 0. The van der Waals surface area contributed by atoms with Crippen LogP contribution >= 0.6 is 0 Å². The Kier molecular flexibility index (Phi) is 2.57. The normalized spacial score (nSPS) is 29.1. The van der Waals surface area contributed by atoms with E-state index in [0.717, 1.165) is 19.4 Å². The first-order valence-corrected chi connectivity index (χ1v) is 4.20. The molecule has 0 saturated carbocycles. The van der Waals surface area contributed by atoms with Gasteiger partial charge in [-0.05, 0) is 19.8 Å². The summed E-state index contributed by atoms with van der Waals surface area (Å²) in [7, 11) is 1.40. The number of methoxy groups -OCH3 is 1. The van der Waals surface area contributed by atoms with Gasteiger partial charge in [-0.25, -0.2) is 4.79 Å². The largest absolute Gasteiger partial charge is 0.453 e. The molecule has 4 heteroatoms. The molecule has 1 fully saturated rings. The molecule has 70 valence electrons. The van der Waals surface area contributed by atoms with Crippen LogP contribution in [0.15, 0.2) is 0 Å². The molecular weight excluding hydrogens is 156 g/mol. The molecule has 1 saturated heterocycles. The van der Waals surface area contributed by atoms with Gasteiger partial charge in [0.05, 0.1) is 12.6 Å². The number of carbonyl (C=O) groups is 1. The molecule has 12 heavy (non-hydrogen) atoms. The van der Waals surface area contributed by atoms with Crippen molar-refractivity contribution in [2.45, 2.75) is 25.3 Å². The lowest BCUT2D eigenvalue weighted by atomic mass is 10.00. The van der Waals surface area contributed by atoms with Gasteiger partial charge in [-0.15, -0.1) is 0 Å². The first kappa shape index (κ1) is 9.32. The van der Waals surface area contributed by atoms with Gasteiger partial charge in [0.2, 0.25) is 0 Å². The number of nitrogens with zero attached hydrogens (tertiary/aromatic N) is 1. The minimum absolute atomic E-state index is 0.187. The van der Waals surface area contributed by atoms with Gasteiger partial charge in [-0.1, -0.05) is 0 Å². The van der Waals surface area contributed by atoms with Gasteiger partial charge in [0.15, 0.2) is 0 Å². The van der Waals surface area contributed by atoms with Gasteiger partial charge in [0.1, 0.15) is 0 Å². The summed E-state index contributed by atoms with van der Waals surface area (Å²) in [6.07, 6.45) is 1.72. The Morgan fingerprint density at radius 1 is 1.75 bits per heavy atom. The zero-order valence-corrected chi connectivity index (χ0v) is 7.67. The van der Waals surface area contributed by atoms with Crippen LogP contribution in [0, 0.1) is 0 Å². The van der Waals surface area contributed by atoms with E-state index in [1.54, 1.807) is 4.90 Å². The van der Waals surface area contributed by atoms with Crippen LogP contribution in [-0.2, 0) is 4.74 Å². The van der Waals surface area contributed by atoms with Crippen LogP contribution in [0.25, 0.3) is 0 Å². The fourth-order valence-electron chi connectivity index (χ4n) is 1.66. The Labute approximate surface area is 72.7 Å². The third-order valence-electron chi connectivity index (χ3n) is 2.58. The number of ether oxygens (including phenoxy) is 1. The lowest BCUT2D eigenvalue weighted by Crippen LogP contribution is -2.49. The van der Waals surface area contributed by atoms with Gasteiger partial charge in [-0.2, -0.15) is 0 Å². The number of rotatable bonds is 1. The van der Waals surface area contributed by atoms with Crippen molar-refractivity contribution in [3.05, 3.63) is 0 Å². The van der Waals surface area contributed by atoms with Gasteiger partial charge in [0, 0.05) is 13.1 Å². The Balaban J connectivity index is 2.69. The summed E-state index contributed by atoms with van der Waals surface area (Å²) in [5.41, 5.74) is 5.41. The summed E-state index contributed by atoms with van der Waals surface area (Å²) in [6.45, 7) is 3.26. The second kappa shape index (κ2) is 3.31. The smallest absolute Gasteiger partial charge is 0.409 e. The van der Waals surface area contributed by atoms with Gasteiger partial charge < -0.3 is 15.4 Å². The fourth-order valence-corrected chi connectivity index (χ4v) is 1.66. The molecule has 0 aromatic carbocycles. The lowest BCUT2D eigenvalue weighted by molar-refractivity contribution is 0.0950. The van der Waals surface area contributed by atoms with Crippen molar-refractivity contribution < 1.29 is 9.53 Å². The SMILES string of the molecule is COC(=O)N1CCCC1(C)CN. The van der Waals surface area contributed by atoms with Gasteiger partial charge in [0.25, 0.3) is 0 Å². The summed E-state index contributed by atoms with van der Waals surface area (Å²) < 4.78 is 4.66. The highest BCUT2D eigenvalue weighted by Gasteiger charge is 2.38. The van der Waals surface area contributed by atoms with E-state index in [1.807, 2.05) is 6.92 Å². The highest BCUT2D eigenvalue weighted by atomic mass is 16.5. The maximum Gasteiger partial charge on any atom is 0.409 e. The average Bonchev–Trinajstić information content (AvgIpc) is 2.47. The zero-order valence-electron chi connectivity index (χ0n) is 7.67. The molecule has 1 atom stereocenters. The van der Waals surface area contributed by atoms with Gasteiger partial charge in [-0.3, -0.25) is 0 Å². The van der Waals surface area contributed by atoms with Gasteiger partial charge >= 0.3 is 6.09 Å². The topological polar surface area (TPSA) is 55.6 Å². The molecule has 0 aliphatic carbocycles. The Hall–Kier alpha value is -0.770. The van der Waals surface area contributed by atoms with Crippen LogP contribution in [0.3, 0.4) is 0 Å². The molecule has 1 heterocycles. The number of carbonyl (C=O) groups excluding carboxylic acids is 1. The molecule has 0 radical (unpaired) electrons. The van der Waals surface area contributed by atoms with Crippen molar-refractivity contribution in [2.24, 2.45) is 5.73 Å². The maximum absolute atomic E-state index is 11.2. The molecule has 0 spiro atoms. The van der Waals surface area contributed by atoms with E-state index in [4.69, 9.17) is 5.73 Å². The number of nitrogens with two attached hydrogens (primary N) is 1. The summed E-state index contributed by atoms with van der Waals surface area (Å²) >= 11 is 0. The van der Waals surface area contributed by atoms with E-state index in [9.17, 15) is 4.79 Å². The molecule has 2 N–H and O–H groups in total.